The number of phenolic OH excluding ortho intramolecular Hbond substituents is 1. The number of unbranched alkanes of at least 4 members (excludes halogenated alkanes) is 8. The Morgan fingerprint density at radius 3 is 2.31 bits per heavy atom. The number of allylic oxidation sites excluding steroid dienone is 4. The second-order valence-electron chi connectivity index (χ2n) is 8.00. The van der Waals surface area contributed by atoms with Crippen LogP contribution in [-0.2, 0) is 9.53 Å². The zero-order valence-corrected chi connectivity index (χ0v) is 20.1. The van der Waals surface area contributed by atoms with Gasteiger partial charge in [0.05, 0.1) is 7.11 Å². The van der Waals surface area contributed by atoms with Crippen molar-refractivity contribution in [2.24, 2.45) is 0 Å². The van der Waals surface area contributed by atoms with Crippen molar-refractivity contribution < 1.29 is 19.4 Å². The summed E-state index contributed by atoms with van der Waals surface area (Å²) in [6, 6.07) is 5.09. The largest absolute Gasteiger partial charge is 0.504 e. The normalized spacial score (nSPS) is 11.7. The van der Waals surface area contributed by atoms with Crippen molar-refractivity contribution in [3.05, 3.63) is 54.1 Å². The Kier molecular flexibility index (Phi) is 16.5. The molecule has 0 saturated carbocycles. The van der Waals surface area contributed by atoms with E-state index in [2.05, 4.69) is 31.2 Å². The molecule has 32 heavy (non-hydrogen) atoms. The van der Waals surface area contributed by atoms with Crippen LogP contribution in [-0.4, -0.2) is 24.8 Å². The van der Waals surface area contributed by atoms with E-state index in [0.29, 0.717) is 12.2 Å². The molecule has 0 aliphatic rings. The molecule has 0 aliphatic heterocycles. The first-order valence-corrected chi connectivity index (χ1v) is 12.2. The van der Waals surface area contributed by atoms with Gasteiger partial charge in [0.1, 0.15) is 6.61 Å². The van der Waals surface area contributed by atoms with E-state index in [4.69, 9.17) is 9.47 Å². The van der Waals surface area contributed by atoms with Gasteiger partial charge in [-0.05, 0) is 62.3 Å². The molecular formula is C28H42O4. The van der Waals surface area contributed by atoms with Crippen molar-refractivity contribution in [2.75, 3.05) is 13.7 Å². The molecule has 1 rings (SSSR count). The first-order chi connectivity index (χ1) is 15.7. The quantitative estimate of drug-likeness (QED) is 0.143. The van der Waals surface area contributed by atoms with E-state index in [1.54, 1.807) is 24.3 Å². The molecule has 0 atom stereocenters. The lowest BCUT2D eigenvalue weighted by Crippen LogP contribution is -2.03. The number of aromatic hydroxyl groups is 1. The average Bonchev–Trinajstić information content (AvgIpc) is 2.80. The summed E-state index contributed by atoms with van der Waals surface area (Å²) in [7, 11) is 1.51. The van der Waals surface area contributed by atoms with Crippen molar-refractivity contribution in [2.45, 2.75) is 84.0 Å². The highest BCUT2D eigenvalue weighted by molar-refractivity contribution is 5.69. The van der Waals surface area contributed by atoms with Crippen LogP contribution in [0.3, 0.4) is 0 Å². The number of carbonyl (C=O) groups excluding carboxylic acids is 1. The number of phenols is 1. The number of carbonyl (C=O) groups is 1. The average molecular weight is 443 g/mol. The summed E-state index contributed by atoms with van der Waals surface area (Å²) in [5.41, 5.74) is 0.879. The molecule has 0 spiro atoms. The predicted molar refractivity (Wildman–Crippen MR) is 134 cm³/mol. The van der Waals surface area contributed by atoms with Gasteiger partial charge in [0.2, 0.25) is 0 Å². The summed E-state index contributed by atoms with van der Waals surface area (Å²) in [4.78, 5) is 11.8. The monoisotopic (exact) mass is 442 g/mol. The second kappa shape index (κ2) is 19.2. The number of methoxy groups -OCH3 is 1. The second-order valence-corrected chi connectivity index (χ2v) is 8.00. The van der Waals surface area contributed by atoms with Gasteiger partial charge in [-0.2, -0.15) is 0 Å². The van der Waals surface area contributed by atoms with Gasteiger partial charge >= 0.3 is 5.97 Å². The lowest BCUT2D eigenvalue weighted by atomic mass is 10.1. The Bertz CT molecular complexity index is 703. The van der Waals surface area contributed by atoms with E-state index in [-0.39, 0.29) is 18.3 Å². The number of ether oxygens (including phenoxy) is 2. The van der Waals surface area contributed by atoms with Crippen LogP contribution >= 0.6 is 0 Å². The molecule has 178 valence electrons. The van der Waals surface area contributed by atoms with Crippen LogP contribution in [0.1, 0.15) is 89.5 Å². The predicted octanol–water partition coefficient (Wildman–Crippen LogP) is 7.77. The maximum atomic E-state index is 11.8. The highest BCUT2D eigenvalue weighted by atomic mass is 16.5. The number of benzene rings is 1. The number of rotatable bonds is 18. The number of hydrogen-bond donors (Lipinski definition) is 1. The molecule has 1 aromatic carbocycles. The highest BCUT2D eigenvalue weighted by Gasteiger charge is 2.02. The summed E-state index contributed by atoms with van der Waals surface area (Å²) >= 11 is 0. The third-order valence-corrected chi connectivity index (χ3v) is 5.19. The van der Waals surface area contributed by atoms with Gasteiger partial charge in [0.15, 0.2) is 11.5 Å². The number of esters is 1. The molecule has 0 aromatic heterocycles. The summed E-state index contributed by atoms with van der Waals surface area (Å²) in [5.74, 6) is 0.377. The molecule has 0 aliphatic carbocycles. The van der Waals surface area contributed by atoms with Crippen LogP contribution in [0.4, 0.5) is 0 Å². The van der Waals surface area contributed by atoms with Crippen molar-refractivity contribution in [1.29, 1.82) is 0 Å². The molecule has 1 aromatic rings. The lowest BCUT2D eigenvalue weighted by molar-refractivity contribution is -0.142. The van der Waals surface area contributed by atoms with Crippen LogP contribution in [0.15, 0.2) is 48.6 Å². The molecular weight excluding hydrogens is 400 g/mol. The third-order valence-electron chi connectivity index (χ3n) is 5.19. The Balaban J connectivity index is 1.97. The zero-order chi connectivity index (χ0) is 23.3. The zero-order valence-electron chi connectivity index (χ0n) is 20.1. The molecule has 0 saturated heterocycles. The first kappa shape index (κ1) is 27.5. The molecule has 0 fully saturated rings. The molecule has 0 amide bonds. The Morgan fingerprint density at radius 1 is 0.906 bits per heavy atom. The summed E-state index contributed by atoms with van der Waals surface area (Å²) in [6.45, 7) is 2.49. The van der Waals surface area contributed by atoms with Crippen LogP contribution in [0.5, 0.6) is 11.5 Å². The molecule has 0 unspecified atom stereocenters. The third kappa shape index (κ3) is 14.5. The summed E-state index contributed by atoms with van der Waals surface area (Å²) in [6.07, 6.45) is 26.1. The minimum atomic E-state index is -0.149. The Labute approximate surface area is 195 Å². The van der Waals surface area contributed by atoms with E-state index in [0.717, 1.165) is 31.2 Å². The molecule has 4 heteroatoms. The molecule has 1 N–H and O–H groups in total. The van der Waals surface area contributed by atoms with E-state index in [1.807, 2.05) is 6.08 Å². The van der Waals surface area contributed by atoms with Crippen LogP contribution in [0.2, 0.25) is 0 Å². The van der Waals surface area contributed by atoms with Gasteiger partial charge in [0, 0.05) is 6.42 Å². The molecule has 0 radical (unpaired) electrons. The van der Waals surface area contributed by atoms with Crippen molar-refractivity contribution in [3.8, 4) is 11.5 Å². The Hall–Kier alpha value is -2.49. The van der Waals surface area contributed by atoms with Gasteiger partial charge in [-0.3, -0.25) is 4.79 Å². The smallest absolute Gasteiger partial charge is 0.306 e. The van der Waals surface area contributed by atoms with Gasteiger partial charge in [-0.25, -0.2) is 0 Å². The van der Waals surface area contributed by atoms with Gasteiger partial charge < -0.3 is 14.6 Å². The minimum absolute atomic E-state index is 0.105. The van der Waals surface area contributed by atoms with Gasteiger partial charge in [-0.15, -0.1) is 0 Å². The summed E-state index contributed by atoms with van der Waals surface area (Å²) in [5, 5.41) is 9.59. The van der Waals surface area contributed by atoms with Gasteiger partial charge in [0.25, 0.3) is 0 Å². The fraction of sp³-hybridized carbons (Fsp3) is 0.536. The van der Waals surface area contributed by atoms with Crippen LogP contribution < -0.4 is 4.74 Å². The van der Waals surface area contributed by atoms with Crippen LogP contribution in [0.25, 0.3) is 6.08 Å². The van der Waals surface area contributed by atoms with Crippen molar-refractivity contribution >= 4 is 12.0 Å². The number of hydrogen-bond acceptors (Lipinski definition) is 4. The maximum Gasteiger partial charge on any atom is 0.306 e. The van der Waals surface area contributed by atoms with Crippen molar-refractivity contribution in [3.63, 3.8) is 0 Å². The maximum absolute atomic E-state index is 11.8. The standard InChI is InChI=1S/C28H42O4/c1-3-4-5-6-7-8-9-10-11-12-13-14-15-16-17-20-28(30)32-23-18-19-25-21-22-26(29)27(24-25)31-2/h7-8,10-11,18-19,21-22,24,29H,3-6,9,12-17,20,23H2,1-2H3/b8-7-,11-10-,19-18+. The molecule has 4 nitrogen and oxygen atoms in total. The lowest BCUT2D eigenvalue weighted by Gasteiger charge is -2.04. The Morgan fingerprint density at radius 2 is 1.59 bits per heavy atom. The minimum Gasteiger partial charge on any atom is -0.504 e. The topological polar surface area (TPSA) is 55.8 Å². The fourth-order valence-corrected chi connectivity index (χ4v) is 3.28. The van der Waals surface area contributed by atoms with Gasteiger partial charge in [-0.1, -0.05) is 75.5 Å². The fourth-order valence-electron chi connectivity index (χ4n) is 3.28. The molecule has 0 heterocycles. The van der Waals surface area contributed by atoms with E-state index in [1.165, 1.54) is 52.1 Å². The van der Waals surface area contributed by atoms with Crippen LogP contribution in [0, 0.1) is 0 Å². The molecule has 0 bridgehead atoms. The SMILES string of the molecule is CCCCC/C=C\C/C=C\CCCCCCCC(=O)OC/C=C/c1ccc(O)c(OC)c1. The van der Waals surface area contributed by atoms with E-state index in [9.17, 15) is 9.90 Å². The van der Waals surface area contributed by atoms with E-state index >= 15 is 0 Å². The first-order valence-electron chi connectivity index (χ1n) is 12.2. The van der Waals surface area contributed by atoms with Crippen molar-refractivity contribution in [1.82, 2.24) is 0 Å². The highest BCUT2D eigenvalue weighted by Crippen LogP contribution is 2.26. The summed E-state index contributed by atoms with van der Waals surface area (Å²) < 4.78 is 10.3. The van der Waals surface area contributed by atoms with E-state index < -0.39 is 0 Å².